The van der Waals surface area contributed by atoms with E-state index in [2.05, 4.69) is 60.7 Å². The van der Waals surface area contributed by atoms with Crippen LogP contribution >= 0.6 is 0 Å². The van der Waals surface area contributed by atoms with E-state index >= 15 is 0 Å². The Hall–Kier alpha value is -2.24. The topological polar surface area (TPSA) is 66.0 Å². The van der Waals surface area contributed by atoms with Crippen molar-refractivity contribution in [2.45, 2.75) is 52.0 Å². The lowest BCUT2D eigenvalue weighted by Crippen LogP contribution is -2.51. The standard InChI is InChI=1S/C21H34N4O2/c1-6-27-20(26)25-13-11-18(12-14-25)24-19(22-5)23-15-21(3,4)17-9-7-16(2)8-10-17/h7-10,18H,6,11-15H2,1-5H3,(H2,22,23,24). The molecule has 6 nitrogen and oxygen atoms in total. The maximum absolute atomic E-state index is 11.8. The molecule has 1 amide bonds. The number of likely N-dealkylation sites (tertiary alicyclic amines) is 1. The largest absolute Gasteiger partial charge is 0.450 e. The van der Waals surface area contributed by atoms with Crippen LogP contribution < -0.4 is 10.6 Å². The van der Waals surface area contributed by atoms with Crippen LogP contribution in [0.4, 0.5) is 4.79 Å². The van der Waals surface area contributed by atoms with Crippen molar-refractivity contribution < 1.29 is 9.53 Å². The molecule has 1 aromatic carbocycles. The van der Waals surface area contributed by atoms with E-state index in [0.29, 0.717) is 25.7 Å². The van der Waals surface area contributed by atoms with Crippen LogP contribution in [-0.4, -0.2) is 56.3 Å². The van der Waals surface area contributed by atoms with E-state index in [1.807, 2.05) is 6.92 Å². The monoisotopic (exact) mass is 374 g/mol. The summed E-state index contributed by atoms with van der Waals surface area (Å²) in [5.74, 6) is 0.810. The Labute approximate surface area is 163 Å². The minimum Gasteiger partial charge on any atom is -0.450 e. The number of aryl methyl sites for hydroxylation is 1. The lowest BCUT2D eigenvalue weighted by molar-refractivity contribution is 0.0963. The molecule has 0 aromatic heterocycles. The molecule has 1 aliphatic rings. The molecule has 0 unspecified atom stereocenters. The van der Waals surface area contributed by atoms with Crippen molar-refractivity contribution >= 4 is 12.1 Å². The van der Waals surface area contributed by atoms with Crippen LogP contribution in [0.15, 0.2) is 29.3 Å². The van der Waals surface area contributed by atoms with Crippen molar-refractivity contribution in [3.05, 3.63) is 35.4 Å². The fraction of sp³-hybridized carbons (Fsp3) is 0.619. The molecule has 150 valence electrons. The highest BCUT2D eigenvalue weighted by Crippen LogP contribution is 2.22. The highest BCUT2D eigenvalue weighted by Gasteiger charge is 2.25. The zero-order valence-corrected chi connectivity index (χ0v) is 17.3. The first-order chi connectivity index (χ1) is 12.9. The molecule has 0 bridgehead atoms. The number of hydrogen-bond acceptors (Lipinski definition) is 3. The van der Waals surface area contributed by atoms with E-state index in [-0.39, 0.29) is 11.5 Å². The van der Waals surface area contributed by atoms with Crippen LogP contribution in [0.5, 0.6) is 0 Å². The lowest BCUT2D eigenvalue weighted by Gasteiger charge is -2.33. The summed E-state index contributed by atoms with van der Waals surface area (Å²) in [6.07, 6.45) is 1.57. The maximum Gasteiger partial charge on any atom is 0.409 e. The third-order valence-electron chi connectivity index (χ3n) is 5.12. The molecule has 2 N–H and O–H groups in total. The third kappa shape index (κ3) is 6.15. The average Bonchev–Trinajstić information content (AvgIpc) is 2.66. The van der Waals surface area contributed by atoms with Gasteiger partial charge < -0.3 is 20.3 Å². The molecule has 1 heterocycles. The maximum atomic E-state index is 11.8. The molecule has 1 aliphatic heterocycles. The number of nitrogens with zero attached hydrogens (tertiary/aromatic N) is 2. The zero-order valence-electron chi connectivity index (χ0n) is 17.3. The summed E-state index contributed by atoms with van der Waals surface area (Å²) < 4.78 is 5.07. The van der Waals surface area contributed by atoms with E-state index in [1.165, 1.54) is 11.1 Å². The van der Waals surface area contributed by atoms with Crippen LogP contribution in [0.1, 0.15) is 44.7 Å². The van der Waals surface area contributed by atoms with E-state index in [9.17, 15) is 4.79 Å². The van der Waals surface area contributed by atoms with Gasteiger partial charge in [0.25, 0.3) is 0 Å². The minimum atomic E-state index is -0.210. The Balaban J connectivity index is 1.82. The molecular weight excluding hydrogens is 340 g/mol. The van der Waals surface area contributed by atoms with Crippen molar-refractivity contribution in [2.75, 3.05) is 33.3 Å². The Morgan fingerprint density at radius 3 is 2.44 bits per heavy atom. The number of nitrogens with one attached hydrogen (secondary N) is 2. The molecule has 6 heteroatoms. The molecule has 0 saturated carbocycles. The number of benzene rings is 1. The van der Waals surface area contributed by atoms with Crippen LogP contribution in [0.3, 0.4) is 0 Å². The van der Waals surface area contributed by atoms with Crippen LogP contribution in [0.25, 0.3) is 0 Å². The molecule has 1 fully saturated rings. The number of rotatable bonds is 5. The summed E-state index contributed by atoms with van der Waals surface area (Å²) in [5, 5.41) is 6.95. The van der Waals surface area contributed by atoms with Gasteiger partial charge in [-0.3, -0.25) is 4.99 Å². The van der Waals surface area contributed by atoms with Gasteiger partial charge in [-0.15, -0.1) is 0 Å². The van der Waals surface area contributed by atoms with Crippen LogP contribution in [-0.2, 0) is 10.2 Å². The smallest absolute Gasteiger partial charge is 0.409 e. The first-order valence-corrected chi connectivity index (χ1v) is 9.81. The summed E-state index contributed by atoms with van der Waals surface area (Å²) in [7, 11) is 1.79. The molecular formula is C21H34N4O2. The number of ether oxygens (including phenoxy) is 1. The van der Waals surface area contributed by atoms with Crippen molar-refractivity contribution in [1.29, 1.82) is 0 Å². The van der Waals surface area contributed by atoms with E-state index < -0.39 is 0 Å². The van der Waals surface area contributed by atoms with Crippen LogP contribution in [0, 0.1) is 6.92 Å². The Morgan fingerprint density at radius 1 is 1.26 bits per heavy atom. The fourth-order valence-electron chi connectivity index (χ4n) is 3.22. The molecule has 1 aromatic rings. The zero-order chi connectivity index (χ0) is 19.9. The molecule has 0 atom stereocenters. The fourth-order valence-corrected chi connectivity index (χ4v) is 3.22. The van der Waals surface area contributed by atoms with Crippen molar-refractivity contribution in [2.24, 2.45) is 4.99 Å². The molecule has 0 aliphatic carbocycles. The quantitative estimate of drug-likeness (QED) is 0.614. The normalized spacial score (nSPS) is 16.2. The van der Waals surface area contributed by atoms with Crippen molar-refractivity contribution in [1.82, 2.24) is 15.5 Å². The molecule has 0 spiro atoms. The van der Waals surface area contributed by atoms with Gasteiger partial charge in [0.2, 0.25) is 0 Å². The van der Waals surface area contributed by atoms with Gasteiger partial charge in [0, 0.05) is 38.1 Å². The second-order valence-corrected chi connectivity index (χ2v) is 7.78. The van der Waals surface area contributed by atoms with Gasteiger partial charge in [-0.25, -0.2) is 4.79 Å². The lowest BCUT2D eigenvalue weighted by atomic mass is 9.84. The first-order valence-electron chi connectivity index (χ1n) is 9.81. The number of piperidine rings is 1. The Morgan fingerprint density at radius 2 is 1.89 bits per heavy atom. The first kappa shape index (κ1) is 21.1. The summed E-state index contributed by atoms with van der Waals surface area (Å²) >= 11 is 0. The van der Waals surface area contributed by atoms with Gasteiger partial charge in [0.05, 0.1) is 6.61 Å². The Bertz CT molecular complexity index is 632. The number of carbonyl (C=O) groups excluding carboxylic acids is 1. The number of aliphatic imine (C=N–C) groups is 1. The van der Waals surface area contributed by atoms with E-state index in [0.717, 1.165) is 25.3 Å². The van der Waals surface area contributed by atoms with Crippen LogP contribution in [0.2, 0.25) is 0 Å². The summed E-state index contributed by atoms with van der Waals surface area (Å²) in [5.41, 5.74) is 2.58. The highest BCUT2D eigenvalue weighted by molar-refractivity contribution is 5.80. The SMILES string of the molecule is CCOC(=O)N1CCC(NC(=NC)NCC(C)(C)c2ccc(C)cc2)CC1. The average molecular weight is 375 g/mol. The summed E-state index contributed by atoms with van der Waals surface area (Å²) in [4.78, 5) is 17.9. The van der Waals surface area contributed by atoms with Gasteiger partial charge in [-0.2, -0.15) is 0 Å². The van der Waals surface area contributed by atoms with Gasteiger partial charge in [0.15, 0.2) is 5.96 Å². The third-order valence-corrected chi connectivity index (χ3v) is 5.12. The highest BCUT2D eigenvalue weighted by atomic mass is 16.6. The van der Waals surface area contributed by atoms with Gasteiger partial charge in [0.1, 0.15) is 0 Å². The molecule has 0 radical (unpaired) electrons. The van der Waals surface area contributed by atoms with Crippen molar-refractivity contribution in [3.8, 4) is 0 Å². The Kier molecular flexibility index (Phi) is 7.51. The molecule has 1 saturated heterocycles. The molecule has 27 heavy (non-hydrogen) atoms. The van der Waals surface area contributed by atoms with Gasteiger partial charge >= 0.3 is 6.09 Å². The number of guanidine groups is 1. The minimum absolute atomic E-state index is 0.00139. The summed E-state index contributed by atoms with van der Waals surface area (Å²) in [6.45, 7) is 11.0. The van der Waals surface area contributed by atoms with E-state index in [1.54, 1.807) is 11.9 Å². The number of amides is 1. The summed E-state index contributed by atoms with van der Waals surface area (Å²) in [6, 6.07) is 9.00. The van der Waals surface area contributed by atoms with Gasteiger partial charge in [-0.05, 0) is 32.3 Å². The van der Waals surface area contributed by atoms with Gasteiger partial charge in [-0.1, -0.05) is 43.7 Å². The predicted octanol–water partition coefficient (Wildman–Crippen LogP) is 3.06. The van der Waals surface area contributed by atoms with E-state index in [4.69, 9.17) is 4.74 Å². The van der Waals surface area contributed by atoms with Crippen molar-refractivity contribution in [3.63, 3.8) is 0 Å². The predicted molar refractivity (Wildman–Crippen MR) is 110 cm³/mol. The second kappa shape index (κ2) is 9.62. The number of hydrogen-bond donors (Lipinski definition) is 2. The molecule has 2 rings (SSSR count). The number of carbonyl (C=O) groups is 1. The second-order valence-electron chi connectivity index (χ2n) is 7.78.